The second-order valence-corrected chi connectivity index (χ2v) is 9.92. The van der Waals surface area contributed by atoms with Crippen molar-refractivity contribution in [3.05, 3.63) is 35.6 Å². The van der Waals surface area contributed by atoms with Gasteiger partial charge in [-0.2, -0.15) is 0 Å². The molecule has 0 unspecified atom stereocenters. The number of carbonyl (C=O) groups is 1. The summed E-state index contributed by atoms with van der Waals surface area (Å²) in [5, 5.41) is 10.3. The molecular formula is C23H32FNO4. The van der Waals surface area contributed by atoms with Crippen molar-refractivity contribution in [2.24, 2.45) is 5.41 Å². The van der Waals surface area contributed by atoms with Gasteiger partial charge in [-0.15, -0.1) is 0 Å². The standard InChI is InChI=1S/C23H32FNO4/c1-21(2,27)18-7-8-22(3,29-18)19-14-23(15-28-19)9-11-25(12-10-23)20(26)16-5-4-6-17(24)13-16/h4-6,13,18-19,27H,7-12,14-15H2,1-3H3/t18-,19+,22+/m0/s1. The second kappa shape index (κ2) is 7.33. The summed E-state index contributed by atoms with van der Waals surface area (Å²) in [5.74, 6) is -0.487. The first-order chi connectivity index (χ1) is 13.6. The van der Waals surface area contributed by atoms with Crippen LogP contribution in [-0.4, -0.2) is 59.0 Å². The number of piperidine rings is 1. The molecule has 1 spiro atoms. The van der Waals surface area contributed by atoms with E-state index in [-0.39, 0.29) is 34.9 Å². The molecule has 160 valence electrons. The first kappa shape index (κ1) is 20.8. The fourth-order valence-electron chi connectivity index (χ4n) is 5.11. The molecule has 29 heavy (non-hydrogen) atoms. The van der Waals surface area contributed by atoms with Gasteiger partial charge in [-0.05, 0) is 76.5 Å². The molecule has 0 aromatic heterocycles. The summed E-state index contributed by atoms with van der Waals surface area (Å²) in [6.07, 6.45) is 4.25. The number of hydrogen-bond donors (Lipinski definition) is 1. The summed E-state index contributed by atoms with van der Waals surface area (Å²) in [5.41, 5.74) is -0.743. The Morgan fingerprint density at radius 3 is 2.62 bits per heavy atom. The van der Waals surface area contributed by atoms with Crippen molar-refractivity contribution in [1.82, 2.24) is 4.90 Å². The molecule has 1 aromatic rings. The van der Waals surface area contributed by atoms with E-state index in [4.69, 9.17) is 9.47 Å². The molecule has 4 rings (SSSR count). The van der Waals surface area contributed by atoms with E-state index in [1.165, 1.54) is 12.1 Å². The average molecular weight is 406 g/mol. The zero-order valence-corrected chi connectivity index (χ0v) is 17.6. The minimum absolute atomic E-state index is 0.0142. The topological polar surface area (TPSA) is 59.0 Å². The van der Waals surface area contributed by atoms with Gasteiger partial charge in [0, 0.05) is 18.7 Å². The lowest BCUT2D eigenvalue weighted by molar-refractivity contribution is -0.155. The van der Waals surface area contributed by atoms with Crippen molar-refractivity contribution in [3.8, 4) is 0 Å². The van der Waals surface area contributed by atoms with E-state index in [0.717, 1.165) is 32.1 Å². The van der Waals surface area contributed by atoms with E-state index in [9.17, 15) is 14.3 Å². The quantitative estimate of drug-likeness (QED) is 0.836. The van der Waals surface area contributed by atoms with Crippen LogP contribution in [0.4, 0.5) is 4.39 Å². The molecule has 0 radical (unpaired) electrons. The van der Waals surface area contributed by atoms with E-state index in [0.29, 0.717) is 25.3 Å². The highest BCUT2D eigenvalue weighted by Crippen LogP contribution is 2.49. The zero-order chi connectivity index (χ0) is 20.9. The van der Waals surface area contributed by atoms with Gasteiger partial charge in [0.2, 0.25) is 0 Å². The minimum atomic E-state index is -0.851. The number of amides is 1. The molecule has 5 nitrogen and oxygen atoms in total. The predicted molar refractivity (Wildman–Crippen MR) is 107 cm³/mol. The fourth-order valence-corrected chi connectivity index (χ4v) is 5.11. The second-order valence-electron chi connectivity index (χ2n) is 9.92. The number of ether oxygens (including phenoxy) is 2. The minimum Gasteiger partial charge on any atom is -0.388 e. The lowest BCUT2D eigenvalue weighted by Gasteiger charge is -2.39. The Morgan fingerprint density at radius 1 is 1.28 bits per heavy atom. The fraction of sp³-hybridized carbons (Fsp3) is 0.696. The molecule has 3 fully saturated rings. The lowest BCUT2D eigenvalue weighted by Crippen LogP contribution is -2.45. The maximum Gasteiger partial charge on any atom is 0.253 e. The largest absolute Gasteiger partial charge is 0.388 e. The number of nitrogens with zero attached hydrogens (tertiary/aromatic N) is 1. The summed E-state index contributed by atoms with van der Waals surface area (Å²) >= 11 is 0. The van der Waals surface area contributed by atoms with Crippen molar-refractivity contribution in [2.45, 2.75) is 76.3 Å². The number of halogens is 1. The Labute approximate surface area is 172 Å². The predicted octanol–water partition coefficient (Wildman–Crippen LogP) is 3.55. The van der Waals surface area contributed by atoms with Crippen LogP contribution in [0, 0.1) is 11.2 Å². The summed E-state index contributed by atoms with van der Waals surface area (Å²) in [7, 11) is 0. The molecule has 0 saturated carbocycles. The van der Waals surface area contributed by atoms with Crippen LogP contribution in [0.2, 0.25) is 0 Å². The maximum absolute atomic E-state index is 13.4. The van der Waals surface area contributed by atoms with E-state index in [1.807, 2.05) is 4.90 Å². The average Bonchev–Trinajstić information content (AvgIpc) is 3.27. The number of rotatable bonds is 3. The normalized spacial score (nSPS) is 32.1. The van der Waals surface area contributed by atoms with Crippen LogP contribution < -0.4 is 0 Å². The van der Waals surface area contributed by atoms with Crippen molar-refractivity contribution in [2.75, 3.05) is 19.7 Å². The van der Waals surface area contributed by atoms with Crippen LogP contribution in [0.3, 0.4) is 0 Å². The van der Waals surface area contributed by atoms with E-state index >= 15 is 0 Å². The highest BCUT2D eigenvalue weighted by Gasteiger charge is 2.53. The van der Waals surface area contributed by atoms with Gasteiger partial charge in [-0.3, -0.25) is 4.79 Å². The summed E-state index contributed by atoms with van der Waals surface area (Å²) < 4.78 is 26.0. The maximum atomic E-state index is 13.4. The third-order valence-corrected chi connectivity index (χ3v) is 7.18. The lowest BCUT2D eigenvalue weighted by atomic mass is 9.74. The number of carbonyl (C=O) groups excluding carboxylic acids is 1. The summed E-state index contributed by atoms with van der Waals surface area (Å²) in [6, 6.07) is 5.90. The Hall–Kier alpha value is -1.50. The SMILES string of the molecule is CC(C)(O)[C@@H]1CC[C@](C)([C@H]2CC3(CCN(C(=O)c4cccc(F)c4)CC3)CO2)O1. The van der Waals surface area contributed by atoms with Crippen LogP contribution in [0.5, 0.6) is 0 Å². The molecule has 1 N–H and O–H groups in total. The molecule has 0 aliphatic carbocycles. The summed E-state index contributed by atoms with van der Waals surface area (Å²) in [6.45, 7) is 7.71. The third-order valence-electron chi connectivity index (χ3n) is 7.18. The first-order valence-corrected chi connectivity index (χ1v) is 10.7. The molecule has 3 aliphatic heterocycles. The third kappa shape index (κ3) is 4.07. The van der Waals surface area contributed by atoms with Gasteiger partial charge in [-0.1, -0.05) is 6.07 Å². The molecule has 1 aromatic carbocycles. The van der Waals surface area contributed by atoms with Gasteiger partial charge in [0.05, 0.1) is 30.0 Å². The van der Waals surface area contributed by atoms with Gasteiger partial charge < -0.3 is 19.5 Å². The summed E-state index contributed by atoms with van der Waals surface area (Å²) in [4.78, 5) is 14.5. The van der Waals surface area contributed by atoms with Crippen LogP contribution in [0.1, 0.15) is 63.2 Å². The van der Waals surface area contributed by atoms with Crippen molar-refractivity contribution in [3.63, 3.8) is 0 Å². The van der Waals surface area contributed by atoms with Gasteiger partial charge in [0.25, 0.3) is 5.91 Å². The Kier molecular flexibility index (Phi) is 5.24. The Bertz CT molecular complexity index is 768. The molecule has 0 bridgehead atoms. The van der Waals surface area contributed by atoms with E-state index < -0.39 is 5.60 Å². The molecule has 6 heteroatoms. The molecule has 3 aliphatic rings. The van der Waals surface area contributed by atoms with Crippen LogP contribution >= 0.6 is 0 Å². The highest BCUT2D eigenvalue weighted by molar-refractivity contribution is 5.94. The van der Waals surface area contributed by atoms with Crippen molar-refractivity contribution >= 4 is 5.91 Å². The Balaban J connectivity index is 1.36. The number of aliphatic hydroxyl groups is 1. The number of benzene rings is 1. The molecular weight excluding hydrogens is 373 g/mol. The smallest absolute Gasteiger partial charge is 0.253 e. The van der Waals surface area contributed by atoms with Crippen LogP contribution in [0.25, 0.3) is 0 Å². The van der Waals surface area contributed by atoms with E-state index in [1.54, 1.807) is 26.0 Å². The highest BCUT2D eigenvalue weighted by atomic mass is 19.1. The Morgan fingerprint density at radius 2 is 2.00 bits per heavy atom. The number of hydrogen-bond acceptors (Lipinski definition) is 4. The van der Waals surface area contributed by atoms with Crippen LogP contribution in [-0.2, 0) is 9.47 Å². The van der Waals surface area contributed by atoms with Gasteiger partial charge in [-0.25, -0.2) is 4.39 Å². The van der Waals surface area contributed by atoms with Gasteiger partial charge in [0.15, 0.2) is 0 Å². The molecule has 3 atom stereocenters. The van der Waals surface area contributed by atoms with E-state index in [2.05, 4.69) is 6.92 Å². The zero-order valence-electron chi connectivity index (χ0n) is 17.6. The van der Waals surface area contributed by atoms with Crippen molar-refractivity contribution < 1.29 is 23.8 Å². The van der Waals surface area contributed by atoms with Crippen LogP contribution in [0.15, 0.2) is 24.3 Å². The van der Waals surface area contributed by atoms with Gasteiger partial charge >= 0.3 is 0 Å². The monoisotopic (exact) mass is 405 g/mol. The molecule has 1 amide bonds. The van der Waals surface area contributed by atoms with Crippen molar-refractivity contribution in [1.29, 1.82) is 0 Å². The first-order valence-electron chi connectivity index (χ1n) is 10.7. The van der Waals surface area contributed by atoms with Gasteiger partial charge in [0.1, 0.15) is 5.82 Å². The molecule has 3 heterocycles. The number of likely N-dealkylation sites (tertiary alicyclic amines) is 1. The molecule has 3 saturated heterocycles.